The number of hydrazine groups is 1. The maximum atomic E-state index is 14.1. The standard InChI is InChI=1S/C22H24FN3O5/c1-12(2)10-31-22(29)26-19(13-4-3-5-15(27)8-13)17-11-30-18-7-6-14(23)9-16(18)20(17)25(26)21(24)28/h3-9,12,17,19-20,27H,10-11H2,1-2H3,(H2,24,28)/t17-,19+,20?/m0/s1. The van der Waals surface area contributed by atoms with Crippen molar-refractivity contribution in [3.05, 3.63) is 59.4 Å². The Balaban J connectivity index is 1.85. The van der Waals surface area contributed by atoms with Crippen molar-refractivity contribution < 1.29 is 28.6 Å². The van der Waals surface area contributed by atoms with Crippen LogP contribution in [0.2, 0.25) is 0 Å². The molecule has 1 fully saturated rings. The van der Waals surface area contributed by atoms with Crippen LogP contribution in [0.3, 0.4) is 0 Å². The molecular formula is C22H24FN3O5. The number of phenols is 1. The Bertz CT molecular complexity index is 1010. The zero-order valence-corrected chi connectivity index (χ0v) is 17.2. The van der Waals surface area contributed by atoms with E-state index in [0.29, 0.717) is 16.9 Å². The van der Waals surface area contributed by atoms with Crippen molar-refractivity contribution in [3.63, 3.8) is 0 Å². The molecule has 2 aromatic carbocycles. The molecule has 0 saturated carbocycles. The van der Waals surface area contributed by atoms with Gasteiger partial charge >= 0.3 is 12.1 Å². The van der Waals surface area contributed by atoms with Gasteiger partial charge in [-0.2, -0.15) is 0 Å². The van der Waals surface area contributed by atoms with Crippen molar-refractivity contribution in [1.82, 2.24) is 10.0 Å². The first-order chi connectivity index (χ1) is 14.8. The number of rotatable bonds is 3. The van der Waals surface area contributed by atoms with Gasteiger partial charge in [-0.1, -0.05) is 26.0 Å². The van der Waals surface area contributed by atoms with Gasteiger partial charge in [0.15, 0.2) is 0 Å². The van der Waals surface area contributed by atoms with Gasteiger partial charge in [0.05, 0.1) is 25.3 Å². The van der Waals surface area contributed by atoms with Crippen molar-refractivity contribution in [2.75, 3.05) is 13.2 Å². The first kappa shape index (κ1) is 20.8. The lowest BCUT2D eigenvalue weighted by molar-refractivity contribution is 0.00143. The number of fused-ring (bicyclic) bond motifs is 3. The number of carbonyl (C=O) groups excluding carboxylic acids is 2. The van der Waals surface area contributed by atoms with Crippen molar-refractivity contribution in [3.8, 4) is 11.5 Å². The SMILES string of the molecule is CC(C)COC(=O)N1[C@H](c2cccc(O)c2)[C@@H]2COc3ccc(F)cc3C2N1C(N)=O. The summed E-state index contributed by atoms with van der Waals surface area (Å²) in [6.45, 7) is 4.08. The third kappa shape index (κ3) is 3.71. The molecular weight excluding hydrogens is 405 g/mol. The second kappa shape index (κ2) is 7.98. The van der Waals surface area contributed by atoms with E-state index < -0.39 is 35.9 Å². The highest BCUT2D eigenvalue weighted by Crippen LogP contribution is 2.53. The number of halogens is 1. The number of nitrogens with zero attached hydrogens (tertiary/aromatic N) is 2. The topological polar surface area (TPSA) is 105 Å². The fourth-order valence-corrected chi connectivity index (χ4v) is 4.26. The molecule has 3 amide bonds. The first-order valence-electron chi connectivity index (χ1n) is 10.0. The largest absolute Gasteiger partial charge is 0.508 e. The summed E-state index contributed by atoms with van der Waals surface area (Å²) in [4.78, 5) is 25.7. The molecule has 164 valence electrons. The van der Waals surface area contributed by atoms with Crippen LogP contribution in [0.25, 0.3) is 0 Å². The van der Waals surface area contributed by atoms with E-state index in [0.717, 1.165) is 10.0 Å². The van der Waals surface area contributed by atoms with Gasteiger partial charge in [-0.05, 0) is 41.8 Å². The number of benzene rings is 2. The van der Waals surface area contributed by atoms with Gasteiger partial charge in [0, 0.05) is 11.5 Å². The lowest BCUT2D eigenvalue weighted by Gasteiger charge is -2.33. The monoisotopic (exact) mass is 429 g/mol. The molecule has 0 spiro atoms. The Morgan fingerprint density at radius 1 is 1.23 bits per heavy atom. The number of amides is 3. The van der Waals surface area contributed by atoms with Crippen LogP contribution >= 0.6 is 0 Å². The molecule has 1 saturated heterocycles. The van der Waals surface area contributed by atoms with Gasteiger partial charge in [-0.25, -0.2) is 24.0 Å². The molecule has 0 radical (unpaired) electrons. The lowest BCUT2D eigenvalue weighted by Crippen LogP contribution is -2.49. The van der Waals surface area contributed by atoms with E-state index in [2.05, 4.69) is 0 Å². The number of hydrogen-bond donors (Lipinski definition) is 2. The van der Waals surface area contributed by atoms with Crippen LogP contribution in [-0.2, 0) is 4.74 Å². The number of hydrogen-bond acceptors (Lipinski definition) is 5. The van der Waals surface area contributed by atoms with Crippen molar-refractivity contribution in [2.45, 2.75) is 25.9 Å². The number of phenolic OH excluding ortho intramolecular Hbond substituents is 1. The van der Waals surface area contributed by atoms with E-state index >= 15 is 0 Å². The van der Waals surface area contributed by atoms with Crippen molar-refractivity contribution in [1.29, 1.82) is 0 Å². The molecule has 9 heteroatoms. The Morgan fingerprint density at radius 3 is 2.68 bits per heavy atom. The molecule has 2 aliphatic rings. The van der Waals surface area contributed by atoms with Crippen LogP contribution in [0.15, 0.2) is 42.5 Å². The van der Waals surface area contributed by atoms with Crippen LogP contribution in [-0.4, -0.2) is 40.5 Å². The van der Waals surface area contributed by atoms with Crippen LogP contribution in [0.1, 0.15) is 37.1 Å². The van der Waals surface area contributed by atoms with Crippen molar-refractivity contribution in [2.24, 2.45) is 17.6 Å². The second-order valence-corrected chi connectivity index (χ2v) is 8.14. The fourth-order valence-electron chi connectivity index (χ4n) is 4.26. The number of carbonyl (C=O) groups is 2. The summed E-state index contributed by atoms with van der Waals surface area (Å²) in [5.41, 5.74) is 6.70. The van der Waals surface area contributed by atoms with Crippen molar-refractivity contribution >= 4 is 12.1 Å². The summed E-state index contributed by atoms with van der Waals surface area (Å²) < 4.78 is 25.4. The average Bonchev–Trinajstić information content (AvgIpc) is 3.08. The molecule has 2 aromatic rings. The van der Waals surface area contributed by atoms with E-state index in [1.165, 1.54) is 30.3 Å². The number of aromatic hydroxyl groups is 1. The third-order valence-corrected chi connectivity index (χ3v) is 5.46. The highest BCUT2D eigenvalue weighted by Gasteiger charge is 2.56. The van der Waals surface area contributed by atoms with E-state index in [1.54, 1.807) is 12.1 Å². The van der Waals surface area contributed by atoms with E-state index in [1.807, 2.05) is 13.8 Å². The Morgan fingerprint density at radius 2 is 2.00 bits per heavy atom. The zero-order valence-electron chi connectivity index (χ0n) is 17.2. The molecule has 4 rings (SSSR count). The number of nitrogens with two attached hydrogens (primary N) is 1. The van der Waals surface area contributed by atoms with Gasteiger partial charge < -0.3 is 20.3 Å². The minimum Gasteiger partial charge on any atom is -0.508 e. The molecule has 0 aliphatic carbocycles. The van der Waals surface area contributed by atoms with Gasteiger partial charge in [0.1, 0.15) is 17.3 Å². The zero-order chi connectivity index (χ0) is 22.3. The summed E-state index contributed by atoms with van der Waals surface area (Å²) in [7, 11) is 0. The number of urea groups is 1. The molecule has 1 unspecified atom stereocenters. The number of ether oxygens (including phenoxy) is 2. The van der Waals surface area contributed by atoms with E-state index in [4.69, 9.17) is 15.2 Å². The fraction of sp³-hybridized carbons (Fsp3) is 0.364. The predicted octanol–water partition coefficient (Wildman–Crippen LogP) is 3.73. The van der Waals surface area contributed by atoms with Crippen LogP contribution < -0.4 is 10.5 Å². The molecule has 8 nitrogen and oxygen atoms in total. The highest BCUT2D eigenvalue weighted by molar-refractivity contribution is 5.79. The molecule has 2 aliphatic heterocycles. The molecule has 3 N–H and O–H groups in total. The van der Waals surface area contributed by atoms with Crippen LogP contribution in [0, 0.1) is 17.7 Å². The summed E-state index contributed by atoms with van der Waals surface area (Å²) in [5.74, 6) is -0.461. The summed E-state index contributed by atoms with van der Waals surface area (Å²) >= 11 is 0. The van der Waals surface area contributed by atoms with Gasteiger partial charge in [0.2, 0.25) is 0 Å². The summed E-state index contributed by atoms with van der Waals surface area (Å²) in [6.07, 6.45) is -0.756. The lowest BCUT2D eigenvalue weighted by atomic mass is 9.84. The third-order valence-electron chi connectivity index (χ3n) is 5.46. The second-order valence-electron chi connectivity index (χ2n) is 8.14. The minimum absolute atomic E-state index is 0.00486. The average molecular weight is 429 g/mol. The normalized spacial score (nSPS) is 22.0. The summed E-state index contributed by atoms with van der Waals surface area (Å²) in [6, 6.07) is 8.09. The molecule has 31 heavy (non-hydrogen) atoms. The number of primary amides is 1. The summed E-state index contributed by atoms with van der Waals surface area (Å²) in [5, 5.41) is 12.3. The van der Waals surface area contributed by atoms with Gasteiger partial charge in [-0.3, -0.25) is 0 Å². The maximum absolute atomic E-state index is 14.1. The Kier molecular flexibility index (Phi) is 5.34. The quantitative estimate of drug-likeness (QED) is 0.774. The first-order valence-corrected chi connectivity index (χ1v) is 10.0. The van der Waals surface area contributed by atoms with Gasteiger partial charge in [0.25, 0.3) is 0 Å². The molecule has 0 aromatic heterocycles. The van der Waals surface area contributed by atoms with E-state index in [9.17, 15) is 19.1 Å². The Hall–Kier alpha value is -3.49. The Labute approximate surface area is 178 Å². The predicted molar refractivity (Wildman–Crippen MR) is 108 cm³/mol. The molecule has 0 bridgehead atoms. The highest BCUT2D eigenvalue weighted by atomic mass is 19.1. The van der Waals surface area contributed by atoms with E-state index in [-0.39, 0.29) is 24.9 Å². The maximum Gasteiger partial charge on any atom is 0.429 e. The van der Waals surface area contributed by atoms with Gasteiger partial charge in [-0.15, -0.1) is 0 Å². The minimum atomic E-state index is -0.878. The molecule has 2 heterocycles. The smallest absolute Gasteiger partial charge is 0.429 e. The van der Waals surface area contributed by atoms with Crippen LogP contribution in [0.4, 0.5) is 14.0 Å². The van der Waals surface area contributed by atoms with Crippen LogP contribution in [0.5, 0.6) is 11.5 Å². The molecule has 3 atom stereocenters.